The third-order valence-corrected chi connectivity index (χ3v) is 4.55. The lowest BCUT2D eigenvalue weighted by Crippen LogP contribution is -2.28. The maximum absolute atomic E-state index is 6.53. The third-order valence-electron chi connectivity index (χ3n) is 4.23. The number of nitrogens with zero attached hydrogens (tertiary/aromatic N) is 1. The average molecular weight is 309 g/mol. The molecule has 1 N–H and O–H groups in total. The number of benzene rings is 1. The van der Waals surface area contributed by atoms with Gasteiger partial charge in [-0.15, -0.1) is 0 Å². The van der Waals surface area contributed by atoms with Crippen molar-refractivity contribution in [2.45, 2.75) is 59.0 Å². The molecule has 1 aromatic rings. The standard InChI is InChI=1S/C18H29ClN2/c1-5-20-14(4)17-9-8-16(12-18(17)19)21(15-6-7-15)11-10-13(2)3/h8-9,12-15,20H,5-7,10-11H2,1-4H3. The molecule has 2 rings (SSSR count). The Kier molecular flexibility index (Phi) is 5.95. The first kappa shape index (κ1) is 16.6. The number of nitrogens with one attached hydrogen (secondary N) is 1. The Morgan fingerprint density at radius 3 is 2.52 bits per heavy atom. The van der Waals surface area contributed by atoms with Gasteiger partial charge >= 0.3 is 0 Å². The fourth-order valence-electron chi connectivity index (χ4n) is 2.77. The Morgan fingerprint density at radius 1 is 1.29 bits per heavy atom. The van der Waals surface area contributed by atoms with Crippen molar-refractivity contribution in [3.8, 4) is 0 Å². The highest BCUT2D eigenvalue weighted by molar-refractivity contribution is 6.31. The van der Waals surface area contributed by atoms with Gasteiger partial charge in [-0.2, -0.15) is 0 Å². The molecule has 1 aliphatic rings. The second-order valence-corrected chi connectivity index (χ2v) is 7.00. The number of rotatable bonds is 8. The van der Waals surface area contributed by atoms with E-state index in [1.165, 1.54) is 30.5 Å². The van der Waals surface area contributed by atoms with Crippen LogP contribution in [0.1, 0.15) is 58.6 Å². The first-order valence-electron chi connectivity index (χ1n) is 8.32. The molecule has 0 saturated heterocycles. The normalized spacial score (nSPS) is 16.3. The lowest BCUT2D eigenvalue weighted by atomic mass is 10.1. The molecule has 0 amide bonds. The fourth-order valence-corrected chi connectivity index (χ4v) is 3.11. The summed E-state index contributed by atoms with van der Waals surface area (Å²) in [5.41, 5.74) is 2.48. The number of hydrogen-bond acceptors (Lipinski definition) is 2. The minimum atomic E-state index is 0.307. The van der Waals surface area contributed by atoms with Crippen LogP contribution in [0.5, 0.6) is 0 Å². The Labute approximate surface area is 134 Å². The fraction of sp³-hybridized carbons (Fsp3) is 0.667. The average Bonchev–Trinajstić information content (AvgIpc) is 3.23. The molecule has 0 aliphatic heterocycles. The van der Waals surface area contributed by atoms with Crippen LogP contribution in [0.2, 0.25) is 5.02 Å². The van der Waals surface area contributed by atoms with E-state index in [4.69, 9.17) is 11.6 Å². The summed E-state index contributed by atoms with van der Waals surface area (Å²) in [5.74, 6) is 0.745. The van der Waals surface area contributed by atoms with Crippen LogP contribution >= 0.6 is 11.6 Å². The van der Waals surface area contributed by atoms with Crippen LogP contribution in [0, 0.1) is 5.92 Å². The molecule has 0 bridgehead atoms. The zero-order chi connectivity index (χ0) is 15.4. The largest absolute Gasteiger partial charge is 0.368 e. The molecule has 1 aliphatic carbocycles. The first-order chi connectivity index (χ1) is 10.0. The van der Waals surface area contributed by atoms with E-state index >= 15 is 0 Å². The van der Waals surface area contributed by atoms with Crippen molar-refractivity contribution in [3.63, 3.8) is 0 Å². The van der Waals surface area contributed by atoms with Gasteiger partial charge in [0.25, 0.3) is 0 Å². The number of anilines is 1. The van der Waals surface area contributed by atoms with Gasteiger partial charge in [0.15, 0.2) is 0 Å². The molecule has 0 spiro atoms. The molecule has 1 fully saturated rings. The molecule has 21 heavy (non-hydrogen) atoms. The Hall–Kier alpha value is -0.730. The van der Waals surface area contributed by atoms with Crippen LogP contribution in [0.25, 0.3) is 0 Å². The van der Waals surface area contributed by atoms with Gasteiger partial charge in [0.2, 0.25) is 0 Å². The second-order valence-electron chi connectivity index (χ2n) is 6.59. The lowest BCUT2D eigenvalue weighted by Gasteiger charge is -2.27. The van der Waals surface area contributed by atoms with Gasteiger partial charge in [-0.3, -0.25) is 0 Å². The molecule has 1 saturated carbocycles. The first-order valence-corrected chi connectivity index (χ1v) is 8.70. The molecular formula is C18H29ClN2. The predicted molar refractivity (Wildman–Crippen MR) is 93.4 cm³/mol. The van der Waals surface area contributed by atoms with Crippen LogP contribution in [0.3, 0.4) is 0 Å². The maximum Gasteiger partial charge on any atom is 0.0474 e. The molecule has 0 heterocycles. The molecular weight excluding hydrogens is 280 g/mol. The van der Waals surface area contributed by atoms with Gasteiger partial charge < -0.3 is 10.2 Å². The van der Waals surface area contributed by atoms with Crippen molar-refractivity contribution in [1.29, 1.82) is 0 Å². The number of hydrogen-bond donors (Lipinski definition) is 1. The second kappa shape index (κ2) is 7.51. The summed E-state index contributed by atoms with van der Waals surface area (Å²) in [6.45, 7) is 11.0. The maximum atomic E-state index is 6.53. The van der Waals surface area contributed by atoms with Gasteiger partial charge in [0.05, 0.1) is 0 Å². The predicted octanol–water partition coefficient (Wildman–Crippen LogP) is 5.03. The van der Waals surface area contributed by atoms with E-state index < -0.39 is 0 Å². The summed E-state index contributed by atoms with van der Waals surface area (Å²) in [5, 5.41) is 4.31. The summed E-state index contributed by atoms with van der Waals surface area (Å²) in [4.78, 5) is 2.55. The monoisotopic (exact) mass is 308 g/mol. The smallest absolute Gasteiger partial charge is 0.0474 e. The Morgan fingerprint density at radius 2 is 2.00 bits per heavy atom. The molecule has 1 unspecified atom stereocenters. The van der Waals surface area contributed by atoms with Gasteiger partial charge in [-0.25, -0.2) is 0 Å². The van der Waals surface area contributed by atoms with Crippen molar-refractivity contribution < 1.29 is 0 Å². The highest BCUT2D eigenvalue weighted by Crippen LogP contribution is 2.35. The van der Waals surface area contributed by atoms with Crippen LogP contribution in [-0.4, -0.2) is 19.1 Å². The topological polar surface area (TPSA) is 15.3 Å². The van der Waals surface area contributed by atoms with Crippen molar-refractivity contribution in [1.82, 2.24) is 5.32 Å². The van der Waals surface area contributed by atoms with E-state index in [1.807, 2.05) is 0 Å². The summed E-state index contributed by atoms with van der Waals surface area (Å²) in [6, 6.07) is 7.63. The van der Waals surface area contributed by atoms with Gasteiger partial charge in [0.1, 0.15) is 0 Å². The molecule has 2 nitrogen and oxygen atoms in total. The lowest BCUT2D eigenvalue weighted by molar-refractivity contribution is 0.570. The molecule has 1 atom stereocenters. The van der Waals surface area contributed by atoms with Crippen LogP contribution in [0.15, 0.2) is 18.2 Å². The summed E-state index contributed by atoms with van der Waals surface area (Å²) < 4.78 is 0. The SMILES string of the molecule is CCNC(C)c1ccc(N(CCC(C)C)C2CC2)cc1Cl. The van der Waals surface area contributed by atoms with E-state index in [2.05, 4.69) is 56.1 Å². The molecule has 1 aromatic carbocycles. The van der Waals surface area contributed by atoms with E-state index in [1.54, 1.807) is 0 Å². The van der Waals surface area contributed by atoms with E-state index in [-0.39, 0.29) is 0 Å². The number of halogens is 1. The summed E-state index contributed by atoms with van der Waals surface area (Å²) in [7, 11) is 0. The van der Waals surface area contributed by atoms with Crippen LogP contribution < -0.4 is 10.2 Å². The zero-order valence-electron chi connectivity index (χ0n) is 13.8. The van der Waals surface area contributed by atoms with Crippen molar-refractivity contribution >= 4 is 17.3 Å². The highest BCUT2D eigenvalue weighted by atomic mass is 35.5. The minimum Gasteiger partial charge on any atom is -0.368 e. The van der Waals surface area contributed by atoms with E-state index in [0.29, 0.717) is 6.04 Å². The summed E-state index contributed by atoms with van der Waals surface area (Å²) in [6.07, 6.45) is 3.89. The molecule has 0 aromatic heterocycles. The quantitative estimate of drug-likeness (QED) is 0.725. The van der Waals surface area contributed by atoms with Crippen LogP contribution in [0.4, 0.5) is 5.69 Å². The molecule has 0 radical (unpaired) electrons. The third kappa shape index (κ3) is 4.62. The summed E-state index contributed by atoms with van der Waals surface area (Å²) >= 11 is 6.53. The van der Waals surface area contributed by atoms with Crippen molar-refractivity contribution in [2.24, 2.45) is 5.92 Å². The highest BCUT2D eigenvalue weighted by Gasteiger charge is 2.29. The molecule has 118 valence electrons. The van der Waals surface area contributed by atoms with Gasteiger partial charge in [0, 0.05) is 29.3 Å². The zero-order valence-corrected chi connectivity index (χ0v) is 14.6. The van der Waals surface area contributed by atoms with E-state index in [9.17, 15) is 0 Å². The Bertz CT molecular complexity index is 455. The van der Waals surface area contributed by atoms with Crippen molar-refractivity contribution in [3.05, 3.63) is 28.8 Å². The Balaban J connectivity index is 2.12. The molecule has 3 heteroatoms. The minimum absolute atomic E-state index is 0.307. The van der Waals surface area contributed by atoms with Gasteiger partial charge in [-0.05, 0) is 56.3 Å². The van der Waals surface area contributed by atoms with Crippen LogP contribution in [-0.2, 0) is 0 Å². The van der Waals surface area contributed by atoms with Gasteiger partial charge in [-0.1, -0.05) is 38.4 Å². The van der Waals surface area contributed by atoms with Crippen molar-refractivity contribution in [2.75, 3.05) is 18.0 Å². The van der Waals surface area contributed by atoms with E-state index in [0.717, 1.165) is 30.1 Å².